The summed E-state index contributed by atoms with van der Waals surface area (Å²) in [5.74, 6) is 2.10. The van der Waals surface area contributed by atoms with Crippen LogP contribution >= 0.6 is 11.8 Å². The van der Waals surface area contributed by atoms with Crippen molar-refractivity contribution < 1.29 is 0 Å². The monoisotopic (exact) mass is 275 g/mol. The molecule has 2 fully saturated rings. The molecule has 1 aromatic rings. The van der Waals surface area contributed by atoms with Gasteiger partial charge in [0.05, 0.1) is 6.54 Å². The molecule has 0 radical (unpaired) electrons. The fraction of sp³-hybridized carbons (Fsp3) is 0.600. The maximum absolute atomic E-state index is 4.70. The summed E-state index contributed by atoms with van der Waals surface area (Å²) in [4.78, 5) is 9.01. The van der Waals surface area contributed by atoms with Gasteiger partial charge < -0.3 is 5.32 Å². The van der Waals surface area contributed by atoms with Crippen LogP contribution in [-0.4, -0.2) is 21.9 Å². The lowest BCUT2D eigenvalue weighted by Gasteiger charge is -2.36. The SMILES string of the molecule is Cc1ccc(CN=C2NC3CCCCC3CS2)cn1. The zero-order chi connectivity index (χ0) is 13.1. The number of fused-ring (bicyclic) bond motifs is 1. The maximum atomic E-state index is 4.70. The first kappa shape index (κ1) is 13.0. The number of nitrogens with zero attached hydrogens (tertiary/aromatic N) is 2. The van der Waals surface area contributed by atoms with Crippen LogP contribution < -0.4 is 5.32 Å². The molecule has 0 amide bonds. The van der Waals surface area contributed by atoms with Gasteiger partial charge >= 0.3 is 0 Å². The largest absolute Gasteiger partial charge is 0.362 e. The Morgan fingerprint density at radius 2 is 2.26 bits per heavy atom. The van der Waals surface area contributed by atoms with Gasteiger partial charge in [-0.2, -0.15) is 0 Å². The molecule has 3 rings (SSSR count). The van der Waals surface area contributed by atoms with Gasteiger partial charge in [-0.05, 0) is 37.3 Å². The topological polar surface area (TPSA) is 37.3 Å². The van der Waals surface area contributed by atoms with Crippen LogP contribution in [0.5, 0.6) is 0 Å². The van der Waals surface area contributed by atoms with E-state index in [-0.39, 0.29) is 0 Å². The normalized spacial score (nSPS) is 28.8. The molecule has 0 aromatic carbocycles. The third kappa shape index (κ3) is 3.30. The molecular formula is C15H21N3S. The van der Waals surface area contributed by atoms with Crippen LogP contribution in [0.15, 0.2) is 23.3 Å². The summed E-state index contributed by atoms with van der Waals surface area (Å²) in [6.07, 6.45) is 7.41. The van der Waals surface area contributed by atoms with Crippen molar-refractivity contribution in [1.82, 2.24) is 10.3 Å². The fourth-order valence-corrected chi connectivity index (χ4v) is 3.99. The number of pyridine rings is 1. The molecule has 102 valence electrons. The molecule has 0 spiro atoms. The molecule has 2 unspecified atom stereocenters. The quantitative estimate of drug-likeness (QED) is 0.901. The highest BCUT2D eigenvalue weighted by atomic mass is 32.2. The molecule has 2 heterocycles. The van der Waals surface area contributed by atoms with Crippen LogP contribution in [0.3, 0.4) is 0 Å². The predicted molar refractivity (Wildman–Crippen MR) is 81.5 cm³/mol. The van der Waals surface area contributed by atoms with E-state index in [0.717, 1.165) is 23.3 Å². The minimum absolute atomic E-state index is 0.671. The zero-order valence-electron chi connectivity index (χ0n) is 11.4. The molecule has 19 heavy (non-hydrogen) atoms. The standard InChI is InChI=1S/C15H21N3S/c1-11-6-7-12(8-16-11)9-17-15-18-14-5-3-2-4-13(14)10-19-15/h6-8,13-14H,2-5,9-10H2,1H3,(H,17,18). The molecule has 3 nitrogen and oxygen atoms in total. The third-order valence-corrected chi connectivity index (χ3v) is 5.15. The number of hydrogen-bond acceptors (Lipinski definition) is 3. The lowest BCUT2D eigenvalue weighted by atomic mass is 9.86. The zero-order valence-corrected chi connectivity index (χ0v) is 12.2. The molecule has 1 aliphatic carbocycles. The first-order valence-corrected chi connectivity index (χ1v) is 8.15. The molecule has 4 heteroatoms. The second-order valence-corrected chi connectivity index (χ2v) is 6.54. The molecule has 1 saturated heterocycles. The van der Waals surface area contributed by atoms with Crippen molar-refractivity contribution in [2.45, 2.75) is 45.2 Å². The van der Waals surface area contributed by atoms with Crippen LogP contribution in [0.2, 0.25) is 0 Å². The third-order valence-electron chi connectivity index (χ3n) is 4.03. The summed E-state index contributed by atoms with van der Waals surface area (Å²) < 4.78 is 0. The highest BCUT2D eigenvalue weighted by Gasteiger charge is 2.29. The molecule has 0 bridgehead atoms. The molecule has 1 N–H and O–H groups in total. The molecule has 1 aromatic heterocycles. The highest BCUT2D eigenvalue weighted by molar-refractivity contribution is 8.13. The van der Waals surface area contributed by atoms with E-state index in [4.69, 9.17) is 4.99 Å². The average Bonchev–Trinajstić information content (AvgIpc) is 2.46. The van der Waals surface area contributed by atoms with Crippen LogP contribution in [0, 0.1) is 12.8 Å². The van der Waals surface area contributed by atoms with Crippen LogP contribution in [-0.2, 0) is 6.54 Å². The van der Waals surface area contributed by atoms with Crippen molar-refractivity contribution in [3.63, 3.8) is 0 Å². The number of hydrogen-bond donors (Lipinski definition) is 1. The van der Waals surface area contributed by atoms with Crippen LogP contribution in [0.4, 0.5) is 0 Å². The molecular weight excluding hydrogens is 254 g/mol. The van der Waals surface area contributed by atoms with Gasteiger partial charge in [0.15, 0.2) is 5.17 Å². The summed E-state index contributed by atoms with van der Waals surface area (Å²) in [5, 5.41) is 4.76. The van der Waals surface area contributed by atoms with Gasteiger partial charge in [-0.25, -0.2) is 0 Å². The minimum atomic E-state index is 0.671. The van der Waals surface area contributed by atoms with Crippen molar-refractivity contribution in [3.8, 4) is 0 Å². The molecule has 1 aliphatic heterocycles. The smallest absolute Gasteiger partial charge is 0.157 e. The van der Waals surface area contributed by atoms with Gasteiger partial charge in [0.1, 0.15) is 0 Å². The van der Waals surface area contributed by atoms with E-state index in [1.165, 1.54) is 37.0 Å². The summed E-state index contributed by atoms with van der Waals surface area (Å²) in [5.41, 5.74) is 2.25. The number of amidine groups is 1. The summed E-state index contributed by atoms with van der Waals surface area (Å²) in [7, 11) is 0. The number of aromatic nitrogens is 1. The molecule has 1 saturated carbocycles. The summed E-state index contributed by atoms with van der Waals surface area (Å²) in [6, 6.07) is 4.84. The van der Waals surface area contributed by atoms with Gasteiger partial charge in [-0.3, -0.25) is 9.98 Å². The number of thioether (sulfide) groups is 1. The predicted octanol–water partition coefficient (Wildman–Crippen LogP) is 3.14. The Morgan fingerprint density at radius 1 is 1.37 bits per heavy atom. The number of nitrogens with one attached hydrogen (secondary N) is 1. The minimum Gasteiger partial charge on any atom is -0.362 e. The average molecular weight is 275 g/mol. The van der Waals surface area contributed by atoms with E-state index in [9.17, 15) is 0 Å². The van der Waals surface area contributed by atoms with E-state index < -0.39 is 0 Å². The first-order chi connectivity index (χ1) is 9.31. The Kier molecular flexibility index (Phi) is 4.06. The van der Waals surface area contributed by atoms with E-state index >= 15 is 0 Å². The second-order valence-electron chi connectivity index (χ2n) is 5.54. The Bertz CT molecular complexity index is 455. The van der Waals surface area contributed by atoms with Crippen molar-refractivity contribution in [2.24, 2.45) is 10.9 Å². The van der Waals surface area contributed by atoms with Gasteiger partial charge in [0, 0.05) is 23.7 Å². The van der Waals surface area contributed by atoms with Crippen LogP contribution in [0.1, 0.15) is 36.9 Å². The first-order valence-electron chi connectivity index (χ1n) is 7.16. The Hall–Kier alpha value is -1.03. The Labute approximate surface area is 119 Å². The number of rotatable bonds is 2. The van der Waals surface area contributed by atoms with Gasteiger partial charge in [0.25, 0.3) is 0 Å². The summed E-state index contributed by atoms with van der Waals surface area (Å²) >= 11 is 1.89. The molecule has 2 atom stereocenters. The number of aliphatic imine (C=N–C) groups is 1. The van der Waals surface area contributed by atoms with Gasteiger partial charge in [-0.15, -0.1) is 0 Å². The summed E-state index contributed by atoms with van der Waals surface area (Å²) in [6.45, 7) is 2.75. The van der Waals surface area contributed by atoms with Crippen molar-refractivity contribution >= 4 is 16.9 Å². The highest BCUT2D eigenvalue weighted by Crippen LogP contribution is 2.31. The lowest BCUT2D eigenvalue weighted by molar-refractivity contribution is 0.311. The Balaban J connectivity index is 1.60. The maximum Gasteiger partial charge on any atom is 0.157 e. The van der Waals surface area contributed by atoms with Crippen molar-refractivity contribution in [1.29, 1.82) is 0 Å². The van der Waals surface area contributed by atoms with Gasteiger partial charge in [0.2, 0.25) is 0 Å². The van der Waals surface area contributed by atoms with Gasteiger partial charge in [-0.1, -0.05) is 30.7 Å². The van der Waals surface area contributed by atoms with E-state index in [0.29, 0.717) is 6.04 Å². The fourth-order valence-electron chi connectivity index (χ4n) is 2.83. The van der Waals surface area contributed by atoms with Crippen molar-refractivity contribution in [3.05, 3.63) is 29.6 Å². The number of aryl methyl sites for hydroxylation is 1. The van der Waals surface area contributed by atoms with E-state index in [1.54, 1.807) is 0 Å². The van der Waals surface area contributed by atoms with E-state index in [2.05, 4.69) is 16.4 Å². The van der Waals surface area contributed by atoms with Crippen molar-refractivity contribution in [2.75, 3.05) is 5.75 Å². The molecule has 2 aliphatic rings. The lowest BCUT2D eigenvalue weighted by Crippen LogP contribution is -2.46. The second kappa shape index (κ2) is 5.95. The van der Waals surface area contributed by atoms with E-state index in [1.807, 2.05) is 30.9 Å². The Morgan fingerprint density at radius 3 is 3.11 bits per heavy atom. The van der Waals surface area contributed by atoms with Crippen LogP contribution in [0.25, 0.3) is 0 Å².